The van der Waals surface area contributed by atoms with Gasteiger partial charge in [0.25, 0.3) is 5.91 Å². The third kappa shape index (κ3) is 6.50. The van der Waals surface area contributed by atoms with E-state index in [-0.39, 0.29) is 17.6 Å². The highest BCUT2D eigenvalue weighted by molar-refractivity contribution is 9.10. The van der Waals surface area contributed by atoms with Gasteiger partial charge in [-0.15, -0.1) is 11.8 Å². The van der Waals surface area contributed by atoms with Crippen LogP contribution >= 0.6 is 27.7 Å². The number of benzene rings is 1. The molecule has 0 radical (unpaired) electrons. The second kappa shape index (κ2) is 9.42. The molecule has 0 saturated carbocycles. The minimum Gasteiger partial charge on any atom is -0.459 e. The predicted molar refractivity (Wildman–Crippen MR) is 93.5 cm³/mol. The van der Waals surface area contributed by atoms with Gasteiger partial charge in [-0.25, -0.2) is 0 Å². The first-order chi connectivity index (χ1) is 11.1. The van der Waals surface area contributed by atoms with E-state index in [9.17, 15) is 9.59 Å². The largest absolute Gasteiger partial charge is 0.459 e. The van der Waals surface area contributed by atoms with Crippen molar-refractivity contribution in [2.45, 2.75) is 11.3 Å². The minimum absolute atomic E-state index is 0.0261. The van der Waals surface area contributed by atoms with Crippen LogP contribution in [0.25, 0.3) is 0 Å². The molecule has 2 rings (SSSR count). The van der Waals surface area contributed by atoms with Gasteiger partial charge in [0, 0.05) is 34.6 Å². The summed E-state index contributed by atoms with van der Waals surface area (Å²) >= 11 is 5.02. The second-order valence-electron chi connectivity index (χ2n) is 4.64. The van der Waals surface area contributed by atoms with Gasteiger partial charge in [0.2, 0.25) is 5.91 Å². The first-order valence-electron chi connectivity index (χ1n) is 7.12. The number of nitrogens with one attached hydrogen (secondary N) is 2. The molecule has 0 saturated heterocycles. The molecule has 23 heavy (non-hydrogen) atoms. The summed E-state index contributed by atoms with van der Waals surface area (Å²) < 4.78 is 6.01. The normalized spacial score (nSPS) is 10.3. The highest BCUT2D eigenvalue weighted by atomic mass is 79.9. The number of carbonyl (C=O) groups is 2. The van der Waals surface area contributed by atoms with Gasteiger partial charge in [-0.2, -0.15) is 0 Å². The molecule has 2 N–H and O–H groups in total. The summed E-state index contributed by atoms with van der Waals surface area (Å²) in [7, 11) is 0. The smallest absolute Gasteiger partial charge is 0.287 e. The second-order valence-corrected chi connectivity index (χ2v) is 6.72. The van der Waals surface area contributed by atoms with Crippen LogP contribution in [0.1, 0.15) is 17.0 Å². The summed E-state index contributed by atoms with van der Waals surface area (Å²) in [5.41, 5.74) is 0. The molecular formula is C16H17BrN2O3S. The fourth-order valence-corrected chi connectivity index (χ4v) is 2.87. The van der Waals surface area contributed by atoms with Gasteiger partial charge in [-0.05, 0) is 36.4 Å². The highest BCUT2D eigenvalue weighted by Gasteiger charge is 2.07. The predicted octanol–water partition coefficient (Wildman–Crippen LogP) is 3.07. The zero-order valence-electron chi connectivity index (χ0n) is 12.4. The Morgan fingerprint density at radius 1 is 1.09 bits per heavy atom. The van der Waals surface area contributed by atoms with Crippen molar-refractivity contribution >= 4 is 39.5 Å². The average Bonchev–Trinajstić information content (AvgIpc) is 3.08. The Kier molecular flexibility index (Phi) is 7.22. The maximum absolute atomic E-state index is 11.7. The van der Waals surface area contributed by atoms with Crippen molar-refractivity contribution < 1.29 is 14.0 Å². The van der Waals surface area contributed by atoms with Crippen molar-refractivity contribution in [1.82, 2.24) is 10.6 Å². The maximum Gasteiger partial charge on any atom is 0.287 e. The van der Waals surface area contributed by atoms with E-state index in [2.05, 4.69) is 26.6 Å². The highest BCUT2D eigenvalue weighted by Crippen LogP contribution is 2.20. The molecule has 1 aromatic carbocycles. The molecule has 1 aromatic heterocycles. The van der Waals surface area contributed by atoms with Crippen molar-refractivity contribution in [3.8, 4) is 0 Å². The number of amides is 2. The minimum atomic E-state index is -0.282. The molecule has 0 aliphatic heterocycles. The van der Waals surface area contributed by atoms with Crippen LogP contribution in [-0.4, -0.2) is 30.7 Å². The number of halogens is 1. The number of rotatable bonds is 8. The Bertz CT molecular complexity index is 629. The summed E-state index contributed by atoms with van der Waals surface area (Å²) in [6, 6.07) is 11.2. The molecule has 122 valence electrons. The molecule has 5 nitrogen and oxygen atoms in total. The van der Waals surface area contributed by atoms with E-state index in [1.165, 1.54) is 6.26 Å². The summed E-state index contributed by atoms with van der Waals surface area (Å²) in [5, 5.41) is 5.44. The molecule has 0 fully saturated rings. The van der Waals surface area contributed by atoms with Crippen LogP contribution < -0.4 is 10.6 Å². The molecule has 1 heterocycles. The topological polar surface area (TPSA) is 71.3 Å². The molecule has 0 aliphatic carbocycles. The van der Waals surface area contributed by atoms with Gasteiger partial charge in [-0.3, -0.25) is 9.59 Å². The van der Waals surface area contributed by atoms with Crippen LogP contribution in [0.15, 0.2) is 56.4 Å². The Labute approximate surface area is 147 Å². The summed E-state index contributed by atoms with van der Waals surface area (Å²) in [4.78, 5) is 24.4. The summed E-state index contributed by atoms with van der Waals surface area (Å²) in [5.74, 6) is 0.672. The van der Waals surface area contributed by atoms with E-state index in [0.29, 0.717) is 25.3 Å². The van der Waals surface area contributed by atoms with Crippen molar-refractivity contribution in [2.24, 2.45) is 0 Å². The van der Waals surface area contributed by atoms with Crippen LogP contribution in [-0.2, 0) is 4.79 Å². The van der Waals surface area contributed by atoms with Crippen LogP contribution in [0.4, 0.5) is 0 Å². The monoisotopic (exact) mass is 396 g/mol. The Balaban J connectivity index is 1.55. The molecule has 2 aromatic rings. The lowest BCUT2D eigenvalue weighted by Gasteiger charge is -2.06. The molecule has 0 unspecified atom stereocenters. The molecule has 7 heteroatoms. The lowest BCUT2D eigenvalue weighted by atomic mass is 10.4. The Morgan fingerprint density at radius 3 is 2.52 bits per heavy atom. The van der Waals surface area contributed by atoms with E-state index >= 15 is 0 Å². The van der Waals surface area contributed by atoms with E-state index < -0.39 is 0 Å². The fraction of sp³-hybridized carbons (Fsp3) is 0.250. The van der Waals surface area contributed by atoms with E-state index in [1.54, 1.807) is 23.9 Å². The maximum atomic E-state index is 11.7. The van der Waals surface area contributed by atoms with Gasteiger partial charge in [-0.1, -0.05) is 15.9 Å². The van der Waals surface area contributed by atoms with Gasteiger partial charge >= 0.3 is 0 Å². The third-order valence-corrected chi connectivity index (χ3v) is 4.43. The molecule has 2 amide bonds. The average molecular weight is 397 g/mol. The van der Waals surface area contributed by atoms with Crippen molar-refractivity contribution in [1.29, 1.82) is 0 Å². The first-order valence-corrected chi connectivity index (χ1v) is 8.90. The molecule has 0 atom stereocenters. The number of carbonyl (C=O) groups excluding carboxylic acids is 2. The first kappa shape index (κ1) is 17.6. The summed E-state index contributed by atoms with van der Waals surface area (Å²) in [6.45, 7) is 0.763. The summed E-state index contributed by atoms with van der Waals surface area (Å²) in [6.07, 6.45) is 1.88. The number of furan rings is 1. The third-order valence-electron chi connectivity index (χ3n) is 2.89. The molecular weight excluding hydrogens is 380 g/mol. The lowest BCUT2D eigenvalue weighted by molar-refractivity contribution is -0.120. The van der Waals surface area contributed by atoms with Gasteiger partial charge in [0.05, 0.1) is 6.26 Å². The number of hydrogen-bond donors (Lipinski definition) is 2. The van der Waals surface area contributed by atoms with Crippen LogP contribution in [0.2, 0.25) is 0 Å². The van der Waals surface area contributed by atoms with Crippen LogP contribution in [0.5, 0.6) is 0 Å². The Hall–Kier alpha value is -1.73. The van der Waals surface area contributed by atoms with Gasteiger partial charge < -0.3 is 15.1 Å². The number of thioether (sulfide) groups is 1. The van der Waals surface area contributed by atoms with Crippen molar-refractivity contribution in [3.05, 3.63) is 52.9 Å². The van der Waals surface area contributed by atoms with E-state index in [1.807, 2.05) is 24.3 Å². The molecule has 0 aliphatic rings. The molecule has 0 bridgehead atoms. The van der Waals surface area contributed by atoms with Crippen LogP contribution in [0, 0.1) is 0 Å². The standard InChI is InChI=1S/C16H17BrN2O3S/c17-12-3-5-13(6-4-12)23-11-7-15(20)18-8-9-19-16(21)14-2-1-10-22-14/h1-6,10H,7-9,11H2,(H,18,20)(H,19,21). The van der Waals surface area contributed by atoms with Crippen molar-refractivity contribution in [2.75, 3.05) is 18.8 Å². The van der Waals surface area contributed by atoms with Gasteiger partial charge in [0.15, 0.2) is 5.76 Å². The zero-order valence-corrected chi connectivity index (χ0v) is 14.8. The Morgan fingerprint density at radius 2 is 1.83 bits per heavy atom. The number of hydrogen-bond acceptors (Lipinski definition) is 4. The SMILES string of the molecule is O=C(CCSc1ccc(Br)cc1)NCCNC(=O)c1ccco1. The quantitative estimate of drug-likeness (QED) is 0.531. The van der Waals surface area contributed by atoms with Crippen LogP contribution in [0.3, 0.4) is 0 Å². The lowest BCUT2D eigenvalue weighted by Crippen LogP contribution is -2.34. The van der Waals surface area contributed by atoms with Crippen molar-refractivity contribution in [3.63, 3.8) is 0 Å². The molecule has 0 spiro atoms. The van der Waals surface area contributed by atoms with E-state index in [0.717, 1.165) is 9.37 Å². The fourth-order valence-electron chi connectivity index (χ4n) is 1.75. The zero-order chi connectivity index (χ0) is 16.5. The van der Waals surface area contributed by atoms with Gasteiger partial charge in [0.1, 0.15) is 0 Å². The van der Waals surface area contributed by atoms with E-state index in [4.69, 9.17) is 4.42 Å².